The summed E-state index contributed by atoms with van der Waals surface area (Å²) in [5.74, 6) is 0.0955. The third-order valence-electron chi connectivity index (χ3n) is 5.93. The van der Waals surface area contributed by atoms with E-state index in [0.717, 1.165) is 0 Å². The van der Waals surface area contributed by atoms with Crippen LogP contribution in [0.5, 0.6) is 5.75 Å². The van der Waals surface area contributed by atoms with Crippen LogP contribution >= 0.6 is 11.6 Å². The van der Waals surface area contributed by atoms with Crippen molar-refractivity contribution < 1.29 is 23.5 Å². The Balaban J connectivity index is 1.46. The van der Waals surface area contributed by atoms with Crippen LogP contribution in [0.4, 0.5) is 11.8 Å². The highest BCUT2D eigenvalue weighted by atomic mass is 35.5. The second kappa shape index (κ2) is 10.8. The number of fused-ring (bicyclic) bond motifs is 1. The number of rotatable bonds is 6. The van der Waals surface area contributed by atoms with E-state index in [4.69, 9.17) is 30.5 Å². The molecular weight excluding hydrogens is 524 g/mol. The fraction of sp³-hybridized carbons (Fsp3) is 0.148. The number of guanidine groups is 1. The number of aromatic nitrogens is 2. The van der Waals surface area contributed by atoms with Gasteiger partial charge in [0.2, 0.25) is 5.96 Å². The number of hydrogen-bond donors (Lipinski definition) is 3. The first-order chi connectivity index (χ1) is 18.9. The SMILES string of the molecule is COC(=O)c1ccnc(NC(=O)C2=C(C)NC(Nc3nc4ccc(OC)cc4o3)=NC2c2ccccc2Cl)c1. The van der Waals surface area contributed by atoms with Crippen molar-refractivity contribution in [3.8, 4) is 5.75 Å². The predicted molar refractivity (Wildman–Crippen MR) is 146 cm³/mol. The minimum atomic E-state index is -0.782. The second-order valence-corrected chi connectivity index (χ2v) is 8.83. The van der Waals surface area contributed by atoms with E-state index in [9.17, 15) is 9.59 Å². The third kappa shape index (κ3) is 5.39. The van der Waals surface area contributed by atoms with Crippen molar-refractivity contribution in [2.24, 2.45) is 4.99 Å². The first-order valence-corrected chi connectivity index (χ1v) is 12.1. The summed E-state index contributed by atoms with van der Waals surface area (Å²) in [5, 5.41) is 9.32. The average Bonchev–Trinajstić information content (AvgIpc) is 3.33. The fourth-order valence-corrected chi connectivity index (χ4v) is 4.31. The Morgan fingerprint density at radius 3 is 2.69 bits per heavy atom. The number of allylic oxidation sites excluding steroid dienone is 1. The molecule has 11 nitrogen and oxygen atoms in total. The second-order valence-electron chi connectivity index (χ2n) is 8.42. The molecule has 1 atom stereocenters. The van der Waals surface area contributed by atoms with Crippen LogP contribution in [0.25, 0.3) is 11.1 Å². The summed E-state index contributed by atoms with van der Waals surface area (Å²) in [5.41, 5.74) is 2.84. The summed E-state index contributed by atoms with van der Waals surface area (Å²) >= 11 is 6.53. The van der Waals surface area contributed by atoms with Crippen LogP contribution in [0.2, 0.25) is 5.02 Å². The molecule has 0 radical (unpaired) electrons. The monoisotopic (exact) mass is 546 g/mol. The van der Waals surface area contributed by atoms with Gasteiger partial charge in [0.05, 0.1) is 25.4 Å². The van der Waals surface area contributed by atoms with Crippen molar-refractivity contribution >= 4 is 52.4 Å². The molecule has 1 unspecified atom stereocenters. The Morgan fingerprint density at radius 1 is 1.10 bits per heavy atom. The van der Waals surface area contributed by atoms with Gasteiger partial charge < -0.3 is 24.5 Å². The smallest absolute Gasteiger partial charge is 0.338 e. The molecule has 0 spiro atoms. The van der Waals surface area contributed by atoms with Crippen molar-refractivity contribution in [2.75, 3.05) is 24.9 Å². The van der Waals surface area contributed by atoms with Gasteiger partial charge in [-0.2, -0.15) is 4.98 Å². The first-order valence-electron chi connectivity index (χ1n) is 11.7. The molecule has 39 heavy (non-hydrogen) atoms. The van der Waals surface area contributed by atoms with E-state index < -0.39 is 17.9 Å². The summed E-state index contributed by atoms with van der Waals surface area (Å²) in [6.07, 6.45) is 1.41. The highest BCUT2D eigenvalue weighted by Gasteiger charge is 2.31. The molecule has 1 aliphatic rings. The molecule has 0 aliphatic carbocycles. The number of benzene rings is 2. The van der Waals surface area contributed by atoms with Gasteiger partial charge in [0.15, 0.2) is 5.58 Å². The van der Waals surface area contributed by atoms with Gasteiger partial charge in [-0.25, -0.2) is 14.8 Å². The van der Waals surface area contributed by atoms with Crippen LogP contribution in [-0.4, -0.2) is 42.0 Å². The highest BCUT2D eigenvalue weighted by Crippen LogP contribution is 2.35. The number of oxazole rings is 1. The molecule has 0 saturated heterocycles. The number of carbonyl (C=O) groups excluding carboxylic acids is 2. The Morgan fingerprint density at radius 2 is 1.92 bits per heavy atom. The number of aliphatic imine (C=N–C) groups is 1. The summed E-state index contributed by atoms with van der Waals surface area (Å²) < 4.78 is 15.8. The first kappa shape index (κ1) is 25.7. The molecule has 1 amide bonds. The fourth-order valence-electron chi connectivity index (χ4n) is 4.07. The third-order valence-corrected chi connectivity index (χ3v) is 6.27. The number of amides is 1. The maximum absolute atomic E-state index is 13.5. The maximum Gasteiger partial charge on any atom is 0.338 e. The molecular formula is C27H23ClN6O5. The normalized spacial score (nSPS) is 14.9. The summed E-state index contributed by atoms with van der Waals surface area (Å²) in [4.78, 5) is 38.8. The molecule has 2 aromatic carbocycles. The van der Waals surface area contributed by atoms with Crippen LogP contribution in [0, 0.1) is 0 Å². The van der Waals surface area contributed by atoms with Crippen LogP contribution in [0.3, 0.4) is 0 Å². The van der Waals surface area contributed by atoms with E-state index in [1.807, 2.05) is 6.07 Å². The molecule has 198 valence electrons. The quantitative estimate of drug-likeness (QED) is 0.293. The minimum absolute atomic E-state index is 0.177. The van der Waals surface area contributed by atoms with Gasteiger partial charge in [-0.05, 0) is 37.3 Å². The molecule has 0 saturated carbocycles. The lowest BCUT2D eigenvalue weighted by Gasteiger charge is -2.26. The summed E-state index contributed by atoms with van der Waals surface area (Å²) in [7, 11) is 2.85. The molecule has 12 heteroatoms. The van der Waals surface area contributed by atoms with Crippen molar-refractivity contribution in [1.29, 1.82) is 0 Å². The molecule has 4 aromatic rings. The van der Waals surface area contributed by atoms with Gasteiger partial charge in [-0.1, -0.05) is 29.8 Å². The zero-order valence-corrected chi connectivity index (χ0v) is 21.9. The van der Waals surface area contributed by atoms with Crippen molar-refractivity contribution in [3.63, 3.8) is 0 Å². The van der Waals surface area contributed by atoms with Gasteiger partial charge in [-0.15, -0.1) is 0 Å². The molecule has 0 bridgehead atoms. The number of anilines is 2. The lowest BCUT2D eigenvalue weighted by Crippen LogP contribution is -2.37. The minimum Gasteiger partial charge on any atom is -0.497 e. The Bertz CT molecular complexity index is 1650. The number of nitrogens with one attached hydrogen (secondary N) is 3. The Kier molecular flexibility index (Phi) is 7.15. The molecule has 5 rings (SSSR count). The summed E-state index contributed by atoms with van der Waals surface area (Å²) in [6.45, 7) is 1.74. The van der Waals surface area contributed by atoms with Crippen LogP contribution in [0.1, 0.15) is 28.9 Å². The maximum atomic E-state index is 13.5. The standard InChI is InChI=1S/C27H23ClN6O5/c1-14-22(24(35)32-21-12-15(10-11-29-21)25(36)38-3)23(17-6-4-5-7-18(17)28)33-26(30-14)34-27-31-19-9-8-16(37-2)13-20(19)39-27/h4-13,23H,1-3H3,(H,29,32,35)(H2,30,31,33,34). The average molecular weight is 547 g/mol. The van der Waals surface area contributed by atoms with E-state index >= 15 is 0 Å². The predicted octanol–water partition coefficient (Wildman–Crippen LogP) is 4.70. The van der Waals surface area contributed by atoms with E-state index in [-0.39, 0.29) is 17.4 Å². The van der Waals surface area contributed by atoms with Crippen molar-refractivity contribution in [3.05, 3.63) is 88.2 Å². The van der Waals surface area contributed by atoms with Crippen LogP contribution < -0.4 is 20.7 Å². The van der Waals surface area contributed by atoms with Crippen LogP contribution in [-0.2, 0) is 9.53 Å². The number of carbonyl (C=O) groups is 2. The van der Waals surface area contributed by atoms with E-state index in [1.165, 1.54) is 25.4 Å². The van der Waals surface area contributed by atoms with Crippen molar-refractivity contribution in [2.45, 2.75) is 13.0 Å². The molecule has 3 N–H and O–H groups in total. The van der Waals surface area contributed by atoms with Gasteiger partial charge >= 0.3 is 12.0 Å². The molecule has 3 heterocycles. The van der Waals surface area contributed by atoms with Crippen LogP contribution in [0.15, 0.2) is 81.5 Å². The molecule has 0 fully saturated rings. The van der Waals surface area contributed by atoms with Gasteiger partial charge in [0, 0.05) is 28.5 Å². The van der Waals surface area contributed by atoms with Gasteiger partial charge in [0.1, 0.15) is 23.1 Å². The summed E-state index contributed by atoms with van der Waals surface area (Å²) in [6, 6.07) is 14.8. The largest absolute Gasteiger partial charge is 0.497 e. The Labute approximate surface area is 227 Å². The van der Waals surface area contributed by atoms with E-state index in [0.29, 0.717) is 44.7 Å². The number of halogens is 1. The molecule has 2 aromatic heterocycles. The van der Waals surface area contributed by atoms with Crippen molar-refractivity contribution in [1.82, 2.24) is 15.3 Å². The zero-order chi connectivity index (χ0) is 27.5. The number of pyridine rings is 1. The Hall–Kier alpha value is -4.90. The number of esters is 1. The lowest BCUT2D eigenvalue weighted by molar-refractivity contribution is -0.113. The number of methoxy groups -OCH3 is 2. The van der Waals surface area contributed by atoms with E-state index in [1.54, 1.807) is 50.4 Å². The van der Waals surface area contributed by atoms with Gasteiger partial charge in [0.25, 0.3) is 5.91 Å². The number of nitrogens with zero attached hydrogens (tertiary/aromatic N) is 3. The number of hydrogen-bond acceptors (Lipinski definition) is 10. The topological polar surface area (TPSA) is 140 Å². The zero-order valence-electron chi connectivity index (χ0n) is 21.1. The highest BCUT2D eigenvalue weighted by molar-refractivity contribution is 6.31. The van der Waals surface area contributed by atoms with E-state index in [2.05, 4.69) is 25.9 Å². The molecule has 1 aliphatic heterocycles. The lowest BCUT2D eigenvalue weighted by atomic mass is 9.95. The van der Waals surface area contributed by atoms with Gasteiger partial charge in [-0.3, -0.25) is 10.1 Å². The number of ether oxygens (including phenoxy) is 2.